The zero-order valence-corrected chi connectivity index (χ0v) is 14.5. The topological polar surface area (TPSA) is 63.7 Å². The normalized spacial score (nSPS) is 20.9. The number of carbonyl (C=O) groups is 1. The highest BCUT2D eigenvalue weighted by Gasteiger charge is 2.34. The molecule has 2 heterocycles. The number of thiophene rings is 1. The Morgan fingerprint density at radius 1 is 1.50 bits per heavy atom. The van der Waals surface area contributed by atoms with Crippen LogP contribution in [0.4, 0.5) is 0 Å². The number of halogens is 1. The van der Waals surface area contributed by atoms with Crippen molar-refractivity contribution < 1.29 is 17.9 Å². The van der Waals surface area contributed by atoms with E-state index in [1.165, 1.54) is 17.5 Å². The third-order valence-corrected chi connectivity index (χ3v) is 7.62. The molecule has 2 rings (SSSR count). The average molecular weight is 382 g/mol. The van der Waals surface area contributed by atoms with Crippen molar-refractivity contribution in [3.05, 3.63) is 14.7 Å². The molecule has 0 spiro atoms. The van der Waals surface area contributed by atoms with Crippen LogP contribution < -0.4 is 0 Å². The molecular weight excluding hydrogens is 366 g/mol. The molecule has 0 N–H and O–H groups in total. The van der Waals surface area contributed by atoms with E-state index in [4.69, 9.17) is 0 Å². The van der Waals surface area contributed by atoms with Gasteiger partial charge < -0.3 is 4.74 Å². The van der Waals surface area contributed by atoms with E-state index in [2.05, 4.69) is 20.7 Å². The second kappa shape index (κ2) is 6.13. The third kappa shape index (κ3) is 2.93. The lowest BCUT2D eigenvalue weighted by Gasteiger charge is -2.32. The van der Waals surface area contributed by atoms with Gasteiger partial charge in [0.1, 0.15) is 9.77 Å². The molecule has 0 aromatic carbocycles. The van der Waals surface area contributed by atoms with Crippen molar-refractivity contribution in [2.75, 3.05) is 13.7 Å². The van der Waals surface area contributed by atoms with Crippen LogP contribution in [-0.4, -0.2) is 38.4 Å². The van der Waals surface area contributed by atoms with Gasteiger partial charge in [0.05, 0.1) is 10.9 Å². The maximum atomic E-state index is 12.7. The van der Waals surface area contributed by atoms with Crippen molar-refractivity contribution in [2.24, 2.45) is 0 Å². The Kier molecular flexibility index (Phi) is 4.88. The number of hydrogen-bond donors (Lipinski definition) is 0. The van der Waals surface area contributed by atoms with Crippen molar-refractivity contribution in [2.45, 2.75) is 37.1 Å². The third-order valence-electron chi connectivity index (χ3n) is 3.37. The highest BCUT2D eigenvalue weighted by Crippen LogP contribution is 2.35. The molecule has 0 radical (unpaired) electrons. The van der Waals surface area contributed by atoms with Gasteiger partial charge in [0.15, 0.2) is 0 Å². The molecule has 8 heteroatoms. The first-order chi connectivity index (χ1) is 9.37. The molecule has 20 heavy (non-hydrogen) atoms. The Balaban J connectivity index is 2.39. The fourth-order valence-corrected chi connectivity index (χ4v) is 6.42. The second-order valence-electron chi connectivity index (χ2n) is 4.70. The van der Waals surface area contributed by atoms with Gasteiger partial charge in [-0.2, -0.15) is 4.31 Å². The van der Waals surface area contributed by atoms with Gasteiger partial charge in [-0.15, -0.1) is 11.3 Å². The number of esters is 1. The number of piperidine rings is 1. The lowest BCUT2D eigenvalue weighted by molar-refractivity contribution is 0.0606. The Hall–Kier alpha value is -0.440. The first-order valence-corrected chi connectivity index (χ1v) is 9.32. The number of hydrogen-bond acceptors (Lipinski definition) is 5. The van der Waals surface area contributed by atoms with Crippen LogP contribution in [0.1, 0.15) is 35.9 Å². The Morgan fingerprint density at radius 2 is 2.20 bits per heavy atom. The summed E-state index contributed by atoms with van der Waals surface area (Å²) in [6.07, 6.45) is 2.78. The van der Waals surface area contributed by atoms with Crippen LogP contribution in [0.25, 0.3) is 0 Å². The average Bonchev–Trinajstić information content (AvgIpc) is 2.81. The predicted octanol–water partition coefficient (Wildman–Crippen LogP) is 2.86. The van der Waals surface area contributed by atoms with E-state index in [0.29, 0.717) is 10.3 Å². The summed E-state index contributed by atoms with van der Waals surface area (Å²) in [4.78, 5) is 11.9. The SMILES string of the molecule is COC(=O)c1cc(S(=O)(=O)N2CCCC[C@H]2C)c(Br)s1. The van der Waals surface area contributed by atoms with Gasteiger partial charge in [-0.25, -0.2) is 13.2 Å². The van der Waals surface area contributed by atoms with E-state index in [1.54, 1.807) is 0 Å². The molecule has 0 bridgehead atoms. The van der Waals surface area contributed by atoms with Crippen molar-refractivity contribution in [3.63, 3.8) is 0 Å². The predicted molar refractivity (Wildman–Crippen MR) is 80.6 cm³/mol. The standard InChI is InChI=1S/C12H16BrNO4S2/c1-8-5-3-4-6-14(8)20(16,17)10-7-9(12(15)18-2)19-11(10)13/h7-8H,3-6H2,1-2H3/t8-/m1/s1. The maximum absolute atomic E-state index is 12.7. The number of ether oxygens (including phenoxy) is 1. The molecular formula is C12H16BrNO4S2. The first kappa shape index (κ1) is 15.9. The summed E-state index contributed by atoms with van der Waals surface area (Å²) in [5.41, 5.74) is 0. The van der Waals surface area contributed by atoms with Gasteiger partial charge in [0.2, 0.25) is 10.0 Å². The van der Waals surface area contributed by atoms with Crippen molar-refractivity contribution in [1.29, 1.82) is 0 Å². The summed E-state index contributed by atoms with van der Waals surface area (Å²) in [6, 6.07) is 1.37. The Labute approximate surface area is 131 Å². The minimum absolute atomic E-state index is 0.0119. The zero-order chi connectivity index (χ0) is 14.9. The molecule has 1 aliphatic heterocycles. The van der Waals surface area contributed by atoms with E-state index in [1.807, 2.05) is 6.92 Å². The quantitative estimate of drug-likeness (QED) is 0.755. The van der Waals surface area contributed by atoms with E-state index in [-0.39, 0.29) is 15.8 Å². The van der Waals surface area contributed by atoms with E-state index < -0.39 is 16.0 Å². The van der Waals surface area contributed by atoms with Crippen molar-refractivity contribution in [3.8, 4) is 0 Å². The lowest BCUT2D eigenvalue weighted by Crippen LogP contribution is -2.41. The number of carbonyl (C=O) groups excluding carboxylic acids is 1. The summed E-state index contributed by atoms with van der Waals surface area (Å²) >= 11 is 4.32. The molecule has 0 unspecified atom stereocenters. The van der Waals surface area contributed by atoms with Gasteiger partial charge in [-0.3, -0.25) is 0 Å². The number of methoxy groups -OCH3 is 1. The molecule has 0 saturated carbocycles. The van der Waals surface area contributed by atoms with Crippen LogP contribution in [-0.2, 0) is 14.8 Å². The van der Waals surface area contributed by atoms with E-state index in [0.717, 1.165) is 30.6 Å². The van der Waals surface area contributed by atoms with Crippen molar-refractivity contribution >= 4 is 43.3 Å². The van der Waals surface area contributed by atoms with Crippen LogP contribution in [0.3, 0.4) is 0 Å². The van der Waals surface area contributed by atoms with E-state index >= 15 is 0 Å². The fourth-order valence-electron chi connectivity index (χ4n) is 2.28. The van der Waals surface area contributed by atoms with Crippen molar-refractivity contribution in [1.82, 2.24) is 4.31 Å². The summed E-state index contributed by atoms with van der Waals surface area (Å²) in [5, 5.41) is 0. The summed E-state index contributed by atoms with van der Waals surface area (Å²) in [5.74, 6) is -0.524. The maximum Gasteiger partial charge on any atom is 0.348 e. The van der Waals surface area contributed by atoms with Crippen LogP contribution in [0.5, 0.6) is 0 Å². The largest absolute Gasteiger partial charge is 0.465 e. The molecule has 1 aromatic rings. The number of rotatable bonds is 3. The van der Waals surface area contributed by atoms with Crippen LogP contribution >= 0.6 is 27.3 Å². The Morgan fingerprint density at radius 3 is 2.80 bits per heavy atom. The summed E-state index contributed by atoms with van der Waals surface area (Å²) < 4.78 is 32.0. The molecule has 0 amide bonds. The molecule has 1 aliphatic rings. The Bertz CT molecular complexity index is 611. The molecule has 1 atom stereocenters. The molecule has 1 aromatic heterocycles. The molecule has 1 fully saturated rings. The van der Waals surface area contributed by atoms with Crippen LogP contribution in [0.2, 0.25) is 0 Å². The smallest absolute Gasteiger partial charge is 0.348 e. The molecule has 0 aliphatic carbocycles. The number of nitrogens with zero attached hydrogens (tertiary/aromatic N) is 1. The van der Waals surface area contributed by atoms with E-state index in [9.17, 15) is 13.2 Å². The minimum atomic E-state index is -3.57. The monoisotopic (exact) mass is 381 g/mol. The summed E-state index contributed by atoms with van der Waals surface area (Å²) in [6.45, 7) is 2.44. The lowest BCUT2D eigenvalue weighted by atomic mass is 10.1. The number of sulfonamides is 1. The first-order valence-electron chi connectivity index (χ1n) is 6.27. The molecule has 1 saturated heterocycles. The van der Waals surface area contributed by atoms with Gasteiger partial charge in [0.25, 0.3) is 0 Å². The second-order valence-corrected chi connectivity index (χ2v) is 8.93. The minimum Gasteiger partial charge on any atom is -0.465 e. The van der Waals surface area contributed by atoms with Gasteiger partial charge in [-0.1, -0.05) is 6.42 Å². The molecule has 112 valence electrons. The highest BCUT2D eigenvalue weighted by molar-refractivity contribution is 9.11. The molecule has 5 nitrogen and oxygen atoms in total. The zero-order valence-electron chi connectivity index (χ0n) is 11.3. The van der Waals surface area contributed by atoms with Crippen LogP contribution in [0, 0.1) is 0 Å². The summed E-state index contributed by atoms with van der Waals surface area (Å²) in [7, 11) is -2.30. The highest BCUT2D eigenvalue weighted by atomic mass is 79.9. The van der Waals surface area contributed by atoms with Gasteiger partial charge >= 0.3 is 5.97 Å². The fraction of sp³-hybridized carbons (Fsp3) is 0.583. The van der Waals surface area contributed by atoms with Gasteiger partial charge in [0, 0.05) is 12.6 Å². The van der Waals surface area contributed by atoms with Crippen LogP contribution in [0.15, 0.2) is 14.7 Å². The van der Waals surface area contributed by atoms with Gasteiger partial charge in [-0.05, 0) is 41.8 Å².